The van der Waals surface area contributed by atoms with Gasteiger partial charge in [0.05, 0.1) is 11.9 Å². The number of imidazole rings is 1. The molecule has 15 heteroatoms. The Morgan fingerprint density at radius 2 is 1.86 bits per heavy atom. The highest BCUT2D eigenvalue weighted by Crippen LogP contribution is 2.34. The zero-order valence-electron chi connectivity index (χ0n) is 20.2. The molecule has 0 radical (unpaired) electrons. The van der Waals surface area contributed by atoms with E-state index < -0.39 is 30.1 Å². The van der Waals surface area contributed by atoms with Crippen LogP contribution in [0.2, 0.25) is 0 Å². The third-order valence-corrected chi connectivity index (χ3v) is 5.96. The van der Waals surface area contributed by atoms with Crippen molar-refractivity contribution in [1.82, 2.24) is 34.8 Å². The highest BCUT2D eigenvalue weighted by molar-refractivity contribution is 5.99. The zero-order chi connectivity index (χ0) is 26.7. The van der Waals surface area contributed by atoms with Crippen molar-refractivity contribution in [3.05, 3.63) is 36.7 Å². The number of anilines is 3. The zero-order valence-corrected chi connectivity index (χ0v) is 20.2. The molecule has 4 heterocycles. The van der Waals surface area contributed by atoms with Gasteiger partial charge >= 0.3 is 6.18 Å². The van der Waals surface area contributed by atoms with E-state index in [1.807, 2.05) is 0 Å². The summed E-state index contributed by atoms with van der Waals surface area (Å²) in [6, 6.07) is -0.947. The molecule has 1 fully saturated rings. The Morgan fingerprint density at radius 1 is 1.14 bits per heavy atom. The van der Waals surface area contributed by atoms with E-state index in [0.717, 1.165) is 4.90 Å². The summed E-state index contributed by atoms with van der Waals surface area (Å²) in [5.74, 6) is -0.217. The molecular formula is C22H25F3N10O2. The van der Waals surface area contributed by atoms with Crippen LogP contribution in [0.1, 0.15) is 36.3 Å². The lowest BCUT2D eigenvalue weighted by Crippen LogP contribution is -2.42. The summed E-state index contributed by atoms with van der Waals surface area (Å²) in [6.07, 6.45) is 1.53. The SMILES string of the molecule is CNC(=O)c1c(NC)ncn1C(C)C(=O)Nc1ccnc(-c2cnc(N3CCCC3C(F)(F)F)nc2)n1. The fourth-order valence-corrected chi connectivity index (χ4v) is 4.04. The van der Waals surface area contributed by atoms with Crippen LogP contribution in [0.15, 0.2) is 31.0 Å². The number of hydrogen-bond donors (Lipinski definition) is 3. The monoisotopic (exact) mass is 518 g/mol. The maximum absolute atomic E-state index is 13.3. The quantitative estimate of drug-likeness (QED) is 0.429. The minimum atomic E-state index is -4.36. The first-order valence-corrected chi connectivity index (χ1v) is 11.4. The lowest BCUT2D eigenvalue weighted by atomic mass is 10.2. The molecule has 2 atom stereocenters. The van der Waals surface area contributed by atoms with E-state index in [-0.39, 0.29) is 36.3 Å². The summed E-state index contributed by atoms with van der Waals surface area (Å²) in [6.45, 7) is 1.82. The molecule has 0 spiro atoms. The Labute approximate surface area is 209 Å². The molecule has 0 aromatic carbocycles. The number of hydrogen-bond acceptors (Lipinski definition) is 9. The number of amides is 2. The molecular weight excluding hydrogens is 493 g/mol. The lowest BCUT2D eigenvalue weighted by molar-refractivity contribution is -0.146. The minimum absolute atomic E-state index is 0.00214. The molecule has 2 amide bonds. The molecule has 3 N–H and O–H groups in total. The van der Waals surface area contributed by atoms with E-state index in [2.05, 4.69) is 40.9 Å². The number of carbonyl (C=O) groups excluding carboxylic acids is 2. The lowest BCUT2D eigenvalue weighted by Gasteiger charge is -2.26. The Kier molecular flexibility index (Phi) is 7.22. The maximum Gasteiger partial charge on any atom is 0.408 e. The predicted octanol–water partition coefficient (Wildman–Crippen LogP) is 2.26. The highest BCUT2D eigenvalue weighted by atomic mass is 19.4. The van der Waals surface area contributed by atoms with Gasteiger partial charge in [-0.2, -0.15) is 13.2 Å². The van der Waals surface area contributed by atoms with E-state index >= 15 is 0 Å². The van der Waals surface area contributed by atoms with Gasteiger partial charge in [-0.05, 0) is 25.8 Å². The van der Waals surface area contributed by atoms with Crippen LogP contribution in [0, 0.1) is 0 Å². The van der Waals surface area contributed by atoms with Gasteiger partial charge in [-0.15, -0.1) is 0 Å². The predicted molar refractivity (Wildman–Crippen MR) is 128 cm³/mol. The summed E-state index contributed by atoms with van der Waals surface area (Å²) in [5.41, 5.74) is 0.560. The van der Waals surface area contributed by atoms with Gasteiger partial charge in [0.15, 0.2) is 17.3 Å². The van der Waals surface area contributed by atoms with Crippen molar-refractivity contribution in [2.75, 3.05) is 36.2 Å². The summed E-state index contributed by atoms with van der Waals surface area (Å²) in [5, 5.41) is 8.01. The molecule has 1 aliphatic heterocycles. The van der Waals surface area contributed by atoms with Crippen LogP contribution in [0.5, 0.6) is 0 Å². The van der Waals surface area contributed by atoms with Crippen molar-refractivity contribution in [3.8, 4) is 11.4 Å². The molecule has 0 aliphatic carbocycles. The van der Waals surface area contributed by atoms with E-state index in [4.69, 9.17) is 0 Å². The van der Waals surface area contributed by atoms with E-state index in [0.29, 0.717) is 17.8 Å². The number of aromatic nitrogens is 6. The second kappa shape index (κ2) is 10.4. The van der Waals surface area contributed by atoms with Crippen LogP contribution >= 0.6 is 0 Å². The smallest absolute Gasteiger partial charge is 0.371 e. The van der Waals surface area contributed by atoms with Crippen molar-refractivity contribution < 1.29 is 22.8 Å². The fourth-order valence-electron chi connectivity index (χ4n) is 4.04. The second-order valence-corrected chi connectivity index (χ2v) is 8.27. The minimum Gasteiger partial charge on any atom is -0.371 e. The summed E-state index contributed by atoms with van der Waals surface area (Å²) < 4.78 is 41.3. The van der Waals surface area contributed by atoms with Crippen molar-refractivity contribution in [2.45, 2.75) is 38.0 Å². The average Bonchev–Trinajstić information content (AvgIpc) is 3.56. The van der Waals surface area contributed by atoms with Crippen molar-refractivity contribution in [1.29, 1.82) is 0 Å². The third-order valence-electron chi connectivity index (χ3n) is 5.96. The number of rotatable bonds is 7. The maximum atomic E-state index is 13.3. The van der Waals surface area contributed by atoms with E-state index in [9.17, 15) is 22.8 Å². The van der Waals surface area contributed by atoms with Gasteiger partial charge < -0.3 is 25.4 Å². The van der Waals surface area contributed by atoms with E-state index in [1.165, 1.54) is 42.6 Å². The molecule has 12 nitrogen and oxygen atoms in total. The van der Waals surface area contributed by atoms with Gasteiger partial charge in [-0.25, -0.2) is 24.9 Å². The molecule has 0 bridgehead atoms. The van der Waals surface area contributed by atoms with Crippen LogP contribution < -0.4 is 20.9 Å². The normalized spacial score (nSPS) is 16.4. The van der Waals surface area contributed by atoms with Crippen LogP contribution in [-0.4, -0.2) is 74.2 Å². The topological polar surface area (TPSA) is 143 Å². The number of carbonyl (C=O) groups is 2. The molecule has 2 unspecified atom stereocenters. The van der Waals surface area contributed by atoms with Crippen LogP contribution in [0.4, 0.5) is 30.8 Å². The molecule has 1 saturated heterocycles. The number of nitrogens with one attached hydrogen (secondary N) is 3. The molecule has 1 aliphatic rings. The van der Waals surface area contributed by atoms with Gasteiger partial charge in [0.2, 0.25) is 11.9 Å². The number of halogens is 3. The summed E-state index contributed by atoms with van der Waals surface area (Å²) in [7, 11) is 3.09. The average molecular weight is 519 g/mol. The van der Waals surface area contributed by atoms with Gasteiger partial charge in [0, 0.05) is 39.2 Å². The van der Waals surface area contributed by atoms with Crippen LogP contribution in [-0.2, 0) is 4.79 Å². The first-order chi connectivity index (χ1) is 17.6. The molecule has 3 aromatic heterocycles. The van der Waals surface area contributed by atoms with Crippen molar-refractivity contribution >= 4 is 29.4 Å². The van der Waals surface area contributed by atoms with E-state index in [1.54, 1.807) is 14.0 Å². The Balaban J connectivity index is 1.50. The van der Waals surface area contributed by atoms with Gasteiger partial charge in [-0.3, -0.25) is 9.59 Å². The Hall–Kier alpha value is -4.30. The van der Waals surface area contributed by atoms with Gasteiger partial charge in [-0.1, -0.05) is 0 Å². The summed E-state index contributed by atoms with van der Waals surface area (Å²) >= 11 is 0. The molecule has 4 rings (SSSR count). The first kappa shape index (κ1) is 25.8. The fraction of sp³-hybridized carbons (Fsp3) is 0.409. The largest absolute Gasteiger partial charge is 0.408 e. The molecule has 37 heavy (non-hydrogen) atoms. The first-order valence-electron chi connectivity index (χ1n) is 11.4. The van der Waals surface area contributed by atoms with Gasteiger partial charge in [0.25, 0.3) is 5.91 Å². The van der Waals surface area contributed by atoms with Crippen molar-refractivity contribution in [3.63, 3.8) is 0 Å². The summed E-state index contributed by atoms with van der Waals surface area (Å²) in [4.78, 5) is 47.2. The molecule has 3 aromatic rings. The second-order valence-electron chi connectivity index (χ2n) is 8.27. The Bertz CT molecular complexity index is 1280. The van der Waals surface area contributed by atoms with Crippen molar-refractivity contribution in [2.24, 2.45) is 0 Å². The van der Waals surface area contributed by atoms with Gasteiger partial charge in [0.1, 0.15) is 17.9 Å². The Morgan fingerprint density at radius 3 is 2.51 bits per heavy atom. The number of alkyl halides is 3. The highest BCUT2D eigenvalue weighted by Gasteiger charge is 2.46. The molecule has 196 valence electrons. The van der Waals surface area contributed by atoms with Crippen LogP contribution in [0.3, 0.4) is 0 Å². The third kappa shape index (κ3) is 5.29. The molecule has 0 saturated carbocycles. The standard InChI is InChI=1S/C22H25F3N10O2/c1-12(35-11-31-18(26-2)16(35)20(37)27-3)19(36)33-15-6-7-28-17(32-15)13-9-29-21(30-10-13)34-8-4-5-14(34)22(23,24)25/h6-7,9-12,14,26H,4-5,8H2,1-3H3,(H,27,37)(H,28,32,33,36). The number of nitrogens with zero attached hydrogens (tertiary/aromatic N) is 7. The van der Waals surface area contributed by atoms with Crippen LogP contribution in [0.25, 0.3) is 11.4 Å².